The number of pyridine rings is 1. The van der Waals surface area contributed by atoms with Crippen LogP contribution in [0.25, 0.3) is 0 Å². The van der Waals surface area contributed by atoms with Gasteiger partial charge in [-0.15, -0.1) is 0 Å². The maximum atomic E-state index is 11.9. The van der Waals surface area contributed by atoms with Gasteiger partial charge in [-0.2, -0.15) is 4.31 Å². The third-order valence-corrected chi connectivity index (χ3v) is 6.32. The zero-order chi connectivity index (χ0) is 17.0. The molecule has 130 valence electrons. The molecule has 1 aromatic rings. The molecule has 0 aromatic carbocycles. The molecule has 0 amide bonds. The van der Waals surface area contributed by atoms with Crippen molar-refractivity contribution in [2.45, 2.75) is 33.4 Å². The Hall–Kier alpha value is -1.18. The highest BCUT2D eigenvalue weighted by molar-refractivity contribution is 7.89. The lowest BCUT2D eigenvalue weighted by molar-refractivity contribution is 0.181. The van der Waals surface area contributed by atoms with E-state index in [0.717, 1.165) is 31.0 Å². The van der Waals surface area contributed by atoms with Gasteiger partial charge in [-0.05, 0) is 32.4 Å². The fraction of sp³-hybridized carbons (Fsp3) is 0.688. The number of piperazine rings is 1. The third kappa shape index (κ3) is 4.65. The summed E-state index contributed by atoms with van der Waals surface area (Å²) in [6, 6.07) is 4.57. The topological polar surface area (TPSA) is 56.8 Å². The fourth-order valence-electron chi connectivity index (χ4n) is 2.59. The van der Waals surface area contributed by atoms with Gasteiger partial charge in [0.2, 0.25) is 10.0 Å². The van der Waals surface area contributed by atoms with Gasteiger partial charge in [0.05, 0.1) is 5.75 Å². The molecule has 0 N–H and O–H groups in total. The molecular formula is C16H28N4O2S. The molecule has 0 aliphatic carbocycles. The standard InChI is InChI=1S/C16H28N4O2S/c1-5-23(21,22)20-10-8-19(9-11-20)13-15-6-7-16(17-12-15)18(4)14(2)3/h6-7,12,14H,5,8-11,13H2,1-4H3. The first-order valence-corrected chi connectivity index (χ1v) is 9.82. The lowest BCUT2D eigenvalue weighted by Gasteiger charge is -2.33. The van der Waals surface area contributed by atoms with E-state index in [9.17, 15) is 8.42 Å². The van der Waals surface area contributed by atoms with Crippen molar-refractivity contribution in [1.82, 2.24) is 14.2 Å². The van der Waals surface area contributed by atoms with Crippen LogP contribution in [0.15, 0.2) is 18.3 Å². The SMILES string of the molecule is CCS(=O)(=O)N1CCN(Cc2ccc(N(C)C(C)C)nc2)CC1. The van der Waals surface area contributed by atoms with Gasteiger partial charge in [0.1, 0.15) is 5.82 Å². The van der Waals surface area contributed by atoms with Crippen LogP contribution in [0.1, 0.15) is 26.3 Å². The van der Waals surface area contributed by atoms with Gasteiger partial charge in [0.15, 0.2) is 0 Å². The molecule has 1 aliphatic heterocycles. The molecule has 7 heteroatoms. The highest BCUT2D eigenvalue weighted by Gasteiger charge is 2.25. The summed E-state index contributed by atoms with van der Waals surface area (Å²) in [4.78, 5) is 8.95. The van der Waals surface area contributed by atoms with Crippen LogP contribution in [-0.4, -0.2) is 67.6 Å². The number of rotatable bonds is 6. The molecule has 0 unspecified atom stereocenters. The number of aromatic nitrogens is 1. The summed E-state index contributed by atoms with van der Waals surface area (Å²) < 4.78 is 25.3. The molecule has 1 saturated heterocycles. The molecule has 0 saturated carbocycles. The van der Waals surface area contributed by atoms with Crippen molar-refractivity contribution in [2.24, 2.45) is 0 Å². The smallest absolute Gasteiger partial charge is 0.213 e. The van der Waals surface area contributed by atoms with E-state index in [1.807, 2.05) is 19.3 Å². The second-order valence-electron chi connectivity index (χ2n) is 6.31. The Labute approximate surface area is 140 Å². The summed E-state index contributed by atoms with van der Waals surface area (Å²) in [5, 5.41) is 0. The third-order valence-electron chi connectivity index (χ3n) is 4.44. The summed E-state index contributed by atoms with van der Waals surface area (Å²) in [6.07, 6.45) is 1.92. The van der Waals surface area contributed by atoms with Gasteiger partial charge >= 0.3 is 0 Å². The number of hydrogen-bond donors (Lipinski definition) is 0. The van der Waals surface area contributed by atoms with Crippen molar-refractivity contribution in [3.63, 3.8) is 0 Å². The molecule has 1 fully saturated rings. The van der Waals surface area contributed by atoms with Crippen LogP contribution < -0.4 is 4.90 Å². The molecule has 2 rings (SSSR count). The first kappa shape index (κ1) is 18.2. The van der Waals surface area contributed by atoms with Gasteiger partial charge in [0, 0.05) is 52.0 Å². The lowest BCUT2D eigenvalue weighted by Crippen LogP contribution is -2.48. The zero-order valence-corrected chi connectivity index (χ0v) is 15.4. The van der Waals surface area contributed by atoms with Crippen LogP contribution in [-0.2, 0) is 16.6 Å². The average molecular weight is 340 g/mol. The molecule has 0 spiro atoms. The zero-order valence-electron chi connectivity index (χ0n) is 14.6. The van der Waals surface area contributed by atoms with E-state index in [4.69, 9.17) is 0 Å². The average Bonchev–Trinajstić information content (AvgIpc) is 2.55. The predicted molar refractivity (Wildman–Crippen MR) is 94.1 cm³/mol. The quantitative estimate of drug-likeness (QED) is 0.783. The van der Waals surface area contributed by atoms with E-state index in [1.54, 1.807) is 11.2 Å². The summed E-state index contributed by atoms with van der Waals surface area (Å²) in [6.45, 7) is 9.50. The molecule has 1 aromatic heterocycles. The molecular weight excluding hydrogens is 312 g/mol. The van der Waals surface area contributed by atoms with Gasteiger partial charge in [-0.25, -0.2) is 13.4 Å². The predicted octanol–water partition coefficient (Wildman–Crippen LogP) is 1.39. The summed E-state index contributed by atoms with van der Waals surface area (Å²) in [5.74, 6) is 1.16. The maximum absolute atomic E-state index is 11.9. The Bertz CT molecular complexity index is 593. The number of anilines is 1. The van der Waals surface area contributed by atoms with Crippen LogP contribution in [0.2, 0.25) is 0 Å². The Morgan fingerprint density at radius 2 is 1.87 bits per heavy atom. The van der Waals surface area contributed by atoms with Crippen molar-refractivity contribution in [1.29, 1.82) is 0 Å². The van der Waals surface area contributed by atoms with Crippen LogP contribution in [0, 0.1) is 0 Å². The minimum Gasteiger partial charge on any atom is -0.357 e. The van der Waals surface area contributed by atoms with Gasteiger partial charge in [-0.1, -0.05) is 6.07 Å². The first-order valence-electron chi connectivity index (χ1n) is 8.21. The minimum atomic E-state index is -3.05. The van der Waals surface area contributed by atoms with Crippen molar-refractivity contribution >= 4 is 15.8 Å². The van der Waals surface area contributed by atoms with Crippen LogP contribution in [0.4, 0.5) is 5.82 Å². The van der Waals surface area contributed by atoms with E-state index in [2.05, 4.69) is 34.7 Å². The molecule has 23 heavy (non-hydrogen) atoms. The highest BCUT2D eigenvalue weighted by atomic mass is 32.2. The number of sulfonamides is 1. The summed E-state index contributed by atoms with van der Waals surface area (Å²) in [5.41, 5.74) is 1.16. The molecule has 1 aliphatic rings. The Balaban J connectivity index is 1.89. The Kier molecular flexibility index (Phi) is 6.00. The Morgan fingerprint density at radius 1 is 1.22 bits per heavy atom. The first-order chi connectivity index (χ1) is 10.8. The van der Waals surface area contributed by atoms with Crippen LogP contribution in [0.3, 0.4) is 0 Å². The van der Waals surface area contributed by atoms with E-state index < -0.39 is 10.0 Å². The van der Waals surface area contributed by atoms with Crippen LogP contribution >= 0.6 is 0 Å². The van der Waals surface area contributed by atoms with Gasteiger partial charge < -0.3 is 4.90 Å². The number of hydrogen-bond acceptors (Lipinski definition) is 5. The molecule has 6 nitrogen and oxygen atoms in total. The fourth-order valence-corrected chi connectivity index (χ4v) is 3.67. The molecule has 0 atom stereocenters. The largest absolute Gasteiger partial charge is 0.357 e. The normalized spacial score (nSPS) is 17.6. The molecule has 0 radical (unpaired) electrons. The van der Waals surface area contributed by atoms with E-state index in [0.29, 0.717) is 19.1 Å². The monoisotopic (exact) mass is 340 g/mol. The van der Waals surface area contributed by atoms with Gasteiger partial charge in [-0.3, -0.25) is 4.90 Å². The van der Waals surface area contributed by atoms with Crippen molar-refractivity contribution in [3.8, 4) is 0 Å². The van der Waals surface area contributed by atoms with E-state index in [1.165, 1.54) is 0 Å². The maximum Gasteiger partial charge on any atom is 0.213 e. The summed E-state index contributed by atoms with van der Waals surface area (Å²) in [7, 11) is -1.01. The van der Waals surface area contributed by atoms with Crippen molar-refractivity contribution in [2.75, 3.05) is 43.9 Å². The number of nitrogens with zero attached hydrogens (tertiary/aromatic N) is 4. The van der Waals surface area contributed by atoms with Crippen molar-refractivity contribution in [3.05, 3.63) is 23.9 Å². The highest BCUT2D eigenvalue weighted by Crippen LogP contribution is 2.15. The van der Waals surface area contributed by atoms with Crippen molar-refractivity contribution < 1.29 is 8.42 Å². The summed E-state index contributed by atoms with van der Waals surface area (Å²) >= 11 is 0. The Morgan fingerprint density at radius 3 is 2.35 bits per heavy atom. The second-order valence-corrected chi connectivity index (χ2v) is 8.56. The lowest BCUT2D eigenvalue weighted by atomic mass is 10.2. The van der Waals surface area contributed by atoms with Crippen LogP contribution in [0.5, 0.6) is 0 Å². The van der Waals surface area contributed by atoms with E-state index >= 15 is 0 Å². The van der Waals surface area contributed by atoms with E-state index in [-0.39, 0.29) is 5.75 Å². The minimum absolute atomic E-state index is 0.182. The molecule has 0 bridgehead atoms. The molecule has 2 heterocycles. The second kappa shape index (κ2) is 7.59. The van der Waals surface area contributed by atoms with Gasteiger partial charge in [0.25, 0.3) is 0 Å².